The van der Waals surface area contributed by atoms with E-state index in [1.165, 1.54) is 51.2 Å². The zero-order valence-electron chi connectivity index (χ0n) is 59.0. The lowest BCUT2D eigenvalue weighted by molar-refractivity contribution is -0.242. The van der Waals surface area contributed by atoms with Crippen LogP contribution >= 0.6 is 0 Å². The Balaban J connectivity index is -0.000000536. The molecule has 36 heteroatoms. The van der Waals surface area contributed by atoms with E-state index in [2.05, 4.69) is 23.0 Å². The van der Waals surface area contributed by atoms with Gasteiger partial charge in [0.15, 0.2) is 0 Å². The highest BCUT2D eigenvalue weighted by Crippen LogP contribution is 2.34. The van der Waals surface area contributed by atoms with Crippen molar-refractivity contribution in [1.29, 1.82) is 0 Å². The number of carboxylic acids is 3. The second kappa shape index (κ2) is 51.4. The maximum absolute atomic E-state index is 11.9. The van der Waals surface area contributed by atoms with Gasteiger partial charge < -0.3 is 90.5 Å². The minimum atomic E-state index is -1.90. The average Bonchev–Trinajstić information content (AvgIpc) is 1.69. The molecule has 3 aliphatic heterocycles. The summed E-state index contributed by atoms with van der Waals surface area (Å²) in [5, 5.41) is 23.8. The monoisotopic (exact) mass is 1430 g/mol. The molecule has 0 bridgehead atoms. The molecule has 562 valence electrons. The first-order chi connectivity index (χ1) is 46.8. The number of cyclic esters (lactones) is 3. The van der Waals surface area contributed by atoms with Gasteiger partial charge in [0.1, 0.15) is 0 Å². The Morgan fingerprint density at radius 3 is 1.26 bits per heavy atom. The zero-order valence-corrected chi connectivity index (χ0v) is 59.0. The van der Waals surface area contributed by atoms with Gasteiger partial charge in [-0.25, -0.2) is 52.7 Å². The van der Waals surface area contributed by atoms with Crippen LogP contribution in [-0.2, 0) is 138 Å². The Labute approximate surface area is 574 Å². The van der Waals surface area contributed by atoms with Crippen molar-refractivity contribution < 1.29 is 162 Å². The van der Waals surface area contributed by atoms with E-state index in [4.69, 9.17) is 67.4 Å². The van der Waals surface area contributed by atoms with Gasteiger partial charge in [-0.05, 0) is 120 Å². The average molecular weight is 1440 g/mol. The Morgan fingerprint density at radius 2 is 0.950 bits per heavy atom. The lowest BCUT2D eigenvalue weighted by Crippen LogP contribution is -2.46. The van der Waals surface area contributed by atoms with Crippen molar-refractivity contribution >= 4 is 101 Å². The minimum absolute atomic E-state index is 0.0462. The second-order valence-corrected chi connectivity index (χ2v) is 18.2. The molecule has 1 aromatic rings. The van der Waals surface area contributed by atoms with Crippen molar-refractivity contribution in [2.24, 2.45) is 0 Å². The van der Waals surface area contributed by atoms with E-state index in [-0.39, 0.29) is 106 Å². The second-order valence-electron chi connectivity index (χ2n) is 18.2. The van der Waals surface area contributed by atoms with Gasteiger partial charge >= 0.3 is 106 Å². The SMILES string of the molecule is C/C=C(\OC(C)=O)C(=O)OCC.C/C=C1\OC(C)OC1=O.C/C=C1\OC(CC)(C(=O)OCC)OC1=O.C/C=C1\OC(CCC(=O)OCC)(C(=O)OCC)OC1=O.C/C=c1\oc(=O)/c(=C/C)oc1=O.CCC(=O)C(=O)O.CCOC(=O)C(CC)(OCC)OC(C)=O.O=C(O)CCC(=O)C(=O)O. The molecule has 3 saturated heterocycles. The number of esters is 10. The van der Waals surface area contributed by atoms with Crippen LogP contribution in [0.3, 0.4) is 0 Å². The van der Waals surface area contributed by atoms with E-state index in [1.54, 1.807) is 110 Å². The summed E-state index contributed by atoms with van der Waals surface area (Å²) in [5.41, 5.74) is -1.40. The van der Waals surface area contributed by atoms with E-state index >= 15 is 0 Å². The topological polar surface area (TPSA) is 506 Å². The molecule has 0 spiro atoms. The van der Waals surface area contributed by atoms with Crippen molar-refractivity contribution in [3.05, 3.63) is 79.0 Å². The van der Waals surface area contributed by atoms with Crippen LogP contribution < -0.4 is 22.1 Å². The fraction of sp³-hybridized carbons (Fsp3) is 0.547. The van der Waals surface area contributed by atoms with Gasteiger partial charge in [-0.3, -0.25) is 28.8 Å². The summed E-state index contributed by atoms with van der Waals surface area (Å²) in [7, 11) is 0. The van der Waals surface area contributed by atoms with Crippen LogP contribution in [0.1, 0.15) is 170 Å². The molecule has 4 unspecified atom stereocenters. The lowest BCUT2D eigenvalue weighted by atomic mass is 10.1. The van der Waals surface area contributed by atoms with Crippen molar-refractivity contribution in [3.63, 3.8) is 0 Å². The summed E-state index contributed by atoms with van der Waals surface area (Å²) >= 11 is 0. The van der Waals surface area contributed by atoms with Gasteiger partial charge in [0.25, 0.3) is 0 Å². The Bertz CT molecular complexity index is 3290. The number of carbonyl (C=O) groups is 15. The van der Waals surface area contributed by atoms with Crippen LogP contribution in [0.4, 0.5) is 0 Å². The van der Waals surface area contributed by atoms with Gasteiger partial charge in [-0.15, -0.1) is 0 Å². The summed E-state index contributed by atoms with van der Waals surface area (Å²) in [6, 6.07) is 0. The number of carboxylic acid groups (broad SMARTS) is 3. The summed E-state index contributed by atoms with van der Waals surface area (Å²) in [6.07, 6.45) is 7.53. The molecule has 0 radical (unpaired) electrons. The predicted molar refractivity (Wildman–Crippen MR) is 338 cm³/mol. The van der Waals surface area contributed by atoms with Crippen LogP contribution in [0.15, 0.2) is 65.8 Å². The highest BCUT2D eigenvalue weighted by molar-refractivity contribution is 6.33. The third-order valence-electron chi connectivity index (χ3n) is 11.0. The Kier molecular flexibility index (Phi) is 49.1. The molecule has 0 aromatic carbocycles. The number of hydrogen-bond donors (Lipinski definition) is 3. The molecule has 3 N–H and O–H groups in total. The van der Waals surface area contributed by atoms with Gasteiger partial charge in [0.05, 0.1) is 45.9 Å². The van der Waals surface area contributed by atoms with Gasteiger partial charge in [-0.2, -0.15) is 0 Å². The maximum atomic E-state index is 11.9. The van der Waals surface area contributed by atoms with Crippen LogP contribution in [0.25, 0.3) is 12.2 Å². The molecule has 0 amide bonds. The fourth-order valence-electron chi connectivity index (χ4n) is 6.47. The summed E-state index contributed by atoms with van der Waals surface area (Å²) in [5.74, 6) is -16.9. The number of aliphatic carboxylic acids is 3. The summed E-state index contributed by atoms with van der Waals surface area (Å²) in [6.45, 7) is 30.0. The lowest BCUT2D eigenvalue weighted by Gasteiger charge is -2.28. The van der Waals surface area contributed by atoms with Crippen molar-refractivity contribution in [3.8, 4) is 0 Å². The highest BCUT2D eigenvalue weighted by atomic mass is 16.8. The number of ketones is 2. The Hall–Kier alpha value is -10.8. The van der Waals surface area contributed by atoms with Crippen LogP contribution in [-0.4, -0.2) is 168 Å². The minimum Gasteiger partial charge on any atom is -0.481 e. The first kappa shape index (κ1) is 95.6. The Morgan fingerprint density at radius 1 is 0.500 bits per heavy atom. The van der Waals surface area contributed by atoms with Gasteiger partial charge in [0.2, 0.25) is 51.7 Å². The summed E-state index contributed by atoms with van der Waals surface area (Å²) < 4.78 is 77.6. The molecule has 4 rings (SSSR count). The molecular formula is C64H90O36. The third kappa shape index (κ3) is 36.0. The molecule has 4 heterocycles. The van der Waals surface area contributed by atoms with E-state index in [9.17, 15) is 81.5 Å². The first-order valence-electron chi connectivity index (χ1n) is 30.6. The molecule has 3 fully saturated rings. The number of Topliss-reactive ketones (excluding diaryl/α,β-unsaturated/α-hetero) is 2. The number of rotatable bonds is 24. The molecule has 1 aromatic heterocycles. The quantitative estimate of drug-likeness (QED) is 0.0328. The molecule has 36 nitrogen and oxygen atoms in total. The number of hydrogen-bond acceptors (Lipinski definition) is 33. The molecular weight excluding hydrogens is 1340 g/mol. The normalized spacial score (nSPS) is 18.0. The molecule has 3 aliphatic rings. The molecule has 0 saturated carbocycles. The summed E-state index contributed by atoms with van der Waals surface area (Å²) in [4.78, 5) is 183. The van der Waals surface area contributed by atoms with Crippen LogP contribution in [0, 0.1) is 0 Å². The van der Waals surface area contributed by atoms with E-state index < -0.39 is 131 Å². The zero-order chi connectivity index (χ0) is 78.1. The molecule has 4 atom stereocenters. The van der Waals surface area contributed by atoms with Crippen LogP contribution in [0.5, 0.6) is 0 Å². The standard InChI is InChI=1S/C13H18O7.C10H14O5.C10H18O5.C8H8O4.C8H12O4.C6H8O3.C5H6O5.C4H6O3/c1-4-9-11(15)20-13(19-9,12(16)18-6-3)8-7-10(14)17-5-2;1-4-7-8(11)15-10(5-2,14-7)9(12)13-6-3;1-5-10(14-7-3,15-8(4)11)9(12)13-6-2;1-3-5-7(9)12-6(4-2)8(10)11-5;1-4-7(12-6(3)9)8(10)11-5-2;1-3-5-6(7)9-4(2)8-5;6-3(5(9)10)1-2-4(7)8;1-2-3(5)4(6)7/h4H,5-8H2,1-3H3;4H,5-6H2,1-3H3;5-7H2,1-4H3;3-4H,1-2H3;4H,5H2,1-3H3;3-4H,1-2H3;1-2H2,(H,7,8)(H,9,10);2H2,1H3,(H,6,7)/b9-4-;7-4-;;5-3-,6-4-;7-4-;5-3-;;. The van der Waals surface area contributed by atoms with Gasteiger partial charge in [0, 0.05) is 59.5 Å². The molecule has 100 heavy (non-hydrogen) atoms. The van der Waals surface area contributed by atoms with Crippen molar-refractivity contribution in [2.75, 3.05) is 39.6 Å². The largest absolute Gasteiger partial charge is 0.481 e. The number of ether oxygens (including phenoxy) is 14. The van der Waals surface area contributed by atoms with Crippen LogP contribution in [0.2, 0.25) is 0 Å². The fourth-order valence-corrected chi connectivity index (χ4v) is 6.47. The first-order valence-corrected chi connectivity index (χ1v) is 30.6. The van der Waals surface area contributed by atoms with E-state index in [0.717, 1.165) is 0 Å². The molecule has 0 aliphatic carbocycles. The number of allylic oxidation sites excluding steroid dienone is 4. The van der Waals surface area contributed by atoms with Crippen molar-refractivity contribution in [1.82, 2.24) is 0 Å². The van der Waals surface area contributed by atoms with Gasteiger partial charge in [-0.1, -0.05) is 20.8 Å². The predicted octanol–water partition coefficient (Wildman–Crippen LogP) is 4.03. The number of carbonyl (C=O) groups excluding carboxylic acids is 12. The smallest absolute Gasteiger partial charge is 0.392 e. The maximum Gasteiger partial charge on any atom is 0.392 e. The van der Waals surface area contributed by atoms with E-state index in [1.807, 2.05) is 0 Å². The van der Waals surface area contributed by atoms with Crippen molar-refractivity contribution in [2.45, 2.75) is 193 Å². The van der Waals surface area contributed by atoms with E-state index in [0.29, 0.717) is 5.76 Å². The third-order valence-corrected chi connectivity index (χ3v) is 11.0. The highest BCUT2D eigenvalue weighted by Gasteiger charge is 2.54.